The van der Waals surface area contributed by atoms with Crippen LogP contribution < -0.4 is 21.1 Å². The molecule has 1 aromatic heterocycles. The Hall–Kier alpha value is -4.59. The maximum Gasteiger partial charge on any atom is 0.255 e. The number of nitrogens with one attached hydrogen (secondary N) is 2. The summed E-state index contributed by atoms with van der Waals surface area (Å²) in [6.07, 6.45) is 3.11. The van der Waals surface area contributed by atoms with Crippen molar-refractivity contribution in [1.29, 1.82) is 0 Å². The molecule has 1 aliphatic carbocycles. The number of carbonyl (C=O) groups is 2. The fourth-order valence-corrected chi connectivity index (χ4v) is 5.56. The van der Waals surface area contributed by atoms with Crippen LogP contribution in [0.3, 0.4) is 0 Å². The Kier molecular flexibility index (Phi) is 7.01. The van der Waals surface area contributed by atoms with Crippen LogP contribution in [0.4, 0.5) is 11.5 Å². The zero-order valence-corrected chi connectivity index (χ0v) is 24.6. The number of hydrogen-bond acceptors (Lipinski definition) is 5. The van der Waals surface area contributed by atoms with Crippen molar-refractivity contribution in [2.45, 2.75) is 64.5 Å². The van der Waals surface area contributed by atoms with E-state index in [0.717, 1.165) is 23.2 Å². The average Bonchev–Trinajstić information content (AvgIpc) is 3.78. The van der Waals surface area contributed by atoms with Crippen LogP contribution in [0.5, 0.6) is 5.75 Å². The predicted molar refractivity (Wildman–Crippen MR) is 164 cm³/mol. The maximum atomic E-state index is 13.0. The molecular formula is C34H37N5O3. The van der Waals surface area contributed by atoms with Crippen molar-refractivity contribution in [2.75, 3.05) is 12.4 Å². The van der Waals surface area contributed by atoms with Gasteiger partial charge in [0.15, 0.2) is 0 Å². The summed E-state index contributed by atoms with van der Waals surface area (Å²) in [6, 6.07) is 20.0. The predicted octanol–water partition coefficient (Wildman–Crippen LogP) is 6.06. The van der Waals surface area contributed by atoms with Crippen LogP contribution >= 0.6 is 0 Å². The largest absolute Gasteiger partial charge is 0.496 e. The highest BCUT2D eigenvalue weighted by molar-refractivity contribution is 6.04. The van der Waals surface area contributed by atoms with Gasteiger partial charge in [-0.1, -0.05) is 63.2 Å². The number of carbonyl (C=O) groups excluding carboxylic acids is 2. The highest BCUT2D eigenvalue weighted by Crippen LogP contribution is 2.41. The van der Waals surface area contributed by atoms with E-state index in [1.807, 2.05) is 47.1 Å². The average molecular weight is 564 g/mol. The molecule has 0 radical (unpaired) electrons. The number of benzene rings is 3. The van der Waals surface area contributed by atoms with Crippen LogP contribution in [0.15, 0.2) is 60.7 Å². The molecule has 42 heavy (non-hydrogen) atoms. The van der Waals surface area contributed by atoms with E-state index in [-0.39, 0.29) is 11.3 Å². The van der Waals surface area contributed by atoms with E-state index in [2.05, 4.69) is 49.6 Å². The second-order valence-corrected chi connectivity index (χ2v) is 12.3. The lowest BCUT2D eigenvalue weighted by molar-refractivity contribution is 0.0946. The van der Waals surface area contributed by atoms with E-state index in [1.54, 1.807) is 7.11 Å². The van der Waals surface area contributed by atoms with Gasteiger partial charge in [-0.3, -0.25) is 9.59 Å². The van der Waals surface area contributed by atoms with Gasteiger partial charge in [0.05, 0.1) is 12.7 Å². The first-order valence-electron chi connectivity index (χ1n) is 14.5. The minimum atomic E-state index is -0.535. The second-order valence-electron chi connectivity index (χ2n) is 12.3. The number of nitrogens with two attached hydrogens (primary N) is 1. The Labute approximate surface area is 246 Å². The van der Waals surface area contributed by atoms with Crippen LogP contribution in [0.25, 0.3) is 11.3 Å². The third-order valence-electron chi connectivity index (χ3n) is 8.21. The molecule has 0 saturated heterocycles. The lowest BCUT2D eigenvalue weighted by Gasteiger charge is -2.21. The SMILES string of the molecule is COc1ccc(C2CC2)cc1C(=O)NCc1ccc(-c2nn3c(c2C(N)=O)Nc2ccc(C(C)(C)C)cc2CC3)cc1. The fourth-order valence-electron chi connectivity index (χ4n) is 5.56. The summed E-state index contributed by atoms with van der Waals surface area (Å²) in [6.45, 7) is 7.58. The van der Waals surface area contributed by atoms with E-state index in [4.69, 9.17) is 15.6 Å². The van der Waals surface area contributed by atoms with Crippen LogP contribution in [-0.4, -0.2) is 28.7 Å². The molecule has 3 aromatic carbocycles. The number of aromatic nitrogens is 2. The van der Waals surface area contributed by atoms with Gasteiger partial charge >= 0.3 is 0 Å². The van der Waals surface area contributed by atoms with Crippen molar-refractivity contribution in [3.63, 3.8) is 0 Å². The number of anilines is 2. The molecule has 1 fully saturated rings. The van der Waals surface area contributed by atoms with Gasteiger partial charge in [0.1, 0.15) is 22.8 Å². The first-order valence-corrected chi connectivity index (χ1v) is 14.5. The number of amides is 2. The van der Waals surface area contributed by atoms with E-state index in [0.29, 0.717) is 47.4 Å². The van der Waals surface area contributed by atoms with E-state index in [9.17, 15) is 9.59 Å². The third-order valence-corrected chi connectivity index (χ3v) is 8.21. The van der Waals surface area contributed by atoms with Gasteiger partial charge in [0.2, 0.25) is 0 Å². The molecule has 0 bridgehead atoms. The second kappa shape index (κ2) is 10.7. The Bertz CT molecular complexity index is 1680. The number of methoxy groups -OCH3 is 1. The Morgan fingerprint density at radius 3 is 2.50 bits per heavy atom. The Morgan fingerprint density at radius 2 is 1.83 bits per heavy atom. The van der Waals surface area contributed by atoms with Gasteiger partial charge in [-0.2, -0.15) is 5.10 Å². The smallest absolute Gasteiger partial charge is 0.255 e. The van der Waals surface area contributed by atoms with Crippen molar-refractivity contribution in [3.05, 3.63) is 94.0 Å². The number of hydrogen-bond donors (Lipinski definition) is 3. The van der Waals surface area contributed by atoms with Crippen LogP contribution in [0, 0.1) is 0 Å². The van der Waals surface area contributed by atoms with Crippen molar-refractivity contribution < 1.29 is 14.3 Å². The minimum absolute atomic E-state index is 0.0451. The summed E-state index contributed by atoms with van der Waals surface area (Å²) < 4.78 is 7.27. The number of nitrogens with zero attached hydrogens (tertiary/aromatic N) is 2. The Balaban J connectivity index is 1.21. The molecule has 2 heterocycles. The summed E-state index contributed by atoms with van der Waals surface area (Å²) in [5.41, 5.74) is 13.7. The summed E-state index contributed by atoms with van der Waals surface area (Å²) in [7, 11) is 1.58. The molecule has 1 aliphatic heterocycles. The third kappa shape index (κ3) is 5.36. The number of rotatable bonds is 7. The number of ether oxygens (including phenoxy) is 1. The van der Waals surface area contributed by atoms with Gasteiger partial charge in [-0.05, 0) is 71.0 Å². The maximum absolute atomic E-state index is 13.0. The molecule has 8 heteroatoms. The van der Waals surface area contributed by atoms with Gasteiger partial charge in [0.25, 0.3) is 11.8 Å². The molecule has 1 saturated carbocycles. The van der Waals surface area contributed by atoms with E-state index < -0.39 is 5.91 Å². The van der Waals surface area contributed by atoms with Crippen molar-refractivity contribution in [2.24, 2.45) is 5.73 Å². The standard InChI is InChI=1S/C34H37N5O3/c1-34(2,3)25-12-13-27-24(17-25)15-16-39-32(37-27)29(31(35)40)30(38-39)22-7-5-20(6-8-22)19-36-33(41)26-18-23(21-9-10-21)11-14-28(26)42-4/h5-8,11-14,17-18,21,37H,9-10,15-16,19H2,1-4H3,(H2,35,40)(H,36,41). The molecule has 6 rings (SSSR count). The van der Waals surface area contributed by atoms with Gasteiger partial charge in [-0.15, -0.1) is 0 Å². The molecule has 0 atom stereocenters. The number of aryl methyl sites for hydroxylation is 2. The topological polar surface area (TPSA) is 111 Å². The van der Waals surface area contributed by atoms with E-state index in [1.165, 1.54) is 29.5 Å². The van der Waals surface area contributed by atoms with Crippen LogP contribution in [-0.2, 0) is 24.9 Å². The molecule has 216 valence electrons. The first-order chi connectivity index (χ1) is 20.1. The van der Waals surface area contributed by atoms with Gasteiger partial charge in [-0.25, -0.2) is 4.68 Å². The van der Waals surface area contributed by atoms with Gasteiger partial charge in [0, 0.05) is 24.3 Å². The van der Waals surface area contributed by atoms with Gasteiger partial charge < -0.3 is 21.1 Å². The zero-order valence-electron chi connectivity index (χ0n) is 24.6. The van der Waals surface area contributed by atoms with Crippen molar-refractivity contribution in [3.8, 4) is 17.0 Å². The molecule has 2 aliphatic rings. The Morgan fingerprint density at radius 1 is 1.07 bits per heavy atom. The highest BCUT2D eigenvalue weighted by atomic mass is 16.5. The number of primary amides is 1. The molecular weight excluding hydrogens is 526 g/mol. The van der Waals surface area contributed by atoms with Crippen molar-refractivity contribution >= 4 is 23.3 Å². The summed E-state index contributed by atoms with van der Waals surface area (Å²) in [5, 5.41) is 11.3. The summed E-state index contributed by atoms with van der Waals surface area (Å²) in [5.74, 6) is 1.01. The molecule has 4 N–H and O–H groups in total. The first kappa shape index (κ1) is 27.6. The fraction of sp³-hybridized carbons (Fsp3) is 0.324. The van der Waals surface area contributed by atoms with Crippen LogP contribution in [0.2, 0.25) is 0 Å². The monoisotopic (exact) mass is 563 g/mol. The minimum Gasteiger partial charge on any atom is -0.496 e. The molecule has 0 unspecified atom stereocenters. The normalized spacial score (nSPS) is 14.3. The molecule has 8 nitrogen and oxygen atoms in total. The summed E-state index contributed by atoms with van der Waals surface area (Å²) in [4.78, 5) is 25.7. The molecule has 0 spiro atoms. The zero-order chi connectivity index (χ0) is 29.6. The van der Waals surface area contributed by atoms with Crippen LogP contribution in [0.1, 0.15) is 82.5 Å². The van der Waals surface area contributed by atoms with Crippen molar-refractivity contribution in [1.82, 2.24) is 15.1 Å². The summed E-state index contributed by atoms with van der Waals surface area (Å²) >= 11 is 0. The lowest BCUT2D eigenvalue weighted by atomic mass is 9.85. The number of fused-ring (bicyclic) bond motifs is 2. The highest BCUT2D eigenvalue weighted by Gasteiger charge is 2.27. The molecule has 2 amide bonds. The molecule has 4 aromatic rings. The lowest BCUT2D eigenvalue weighted by Crippen LogP contribution is -2.23. The quantitative estimate of drug-likeness (QED) is 0.253. The van der Waals surface area contributed by atoms with E-state index >= 15 is 0 Å².